The highest BCUT2D eigenvalue weighted by Gasteiger charge is 2.30. The molecule has 1 saturated heterocycles. The maximum atomic E-state index is 12.5. The lowest BCUT2D eigenvalue weighted by atomic mass is 9.98. The van der Waals surface area contributed by atoms with Crippen molar-refractivity contribution in [2.24, 2.45) is 11.8 Å². The highest BCUT2D eigenvalue weighted by atomic mass is 16.5. The smallest absolute Gasteiger partial charge is 0.323 e. The molecular formula is C30H42N4O3. The van der Waals surface area contributed by atoms with Crippen molar-refractivity contribution in [1.82, 2.24) is 20.2 Å². The van der Waals surface area contributed by atoms with Gasteiger partial charge in [-0.1, -0.05) is 25.0 Å². The van der Waals surface area contributed by atoms with Crippen LogP contribution in [0.3, 0.4) is 0 Å². The van der Waals surface area contributed by atoms with E-state index in [2.05, 4.69) is 33.4 Å². The molecule has 0 amide bonds. The molecule has 2 N–H and O–H groups in total. The molecule has 1 aromatic heterocycles. The topological polar surface area (TPSA) is 85.2 Å². The highest BCUT2D eigenvalue weighted by molar-refractivity contribution is 5.96. The van der Waals surface area contributed by atoms with Gasteiger partial charge in [-0.3, -0.25) is 9.59 Å². The molecule has 7 heteroatoms. The van der Waals surface area contributed by atoms with Gasteiger partial charge in [-0.05, 0) is 101 Å². The van der Waals surface area contributed by atoms with Crippen molar-refractivity contribution in [2.45, 2.75) is 78.9 Å². The van der Waals surface area contributed by atoms with Crippen molar-refractivity contribution in [1.29, 1.82) is 0 Å². The second-order valence-electron chi connectivity index (χ2n) is 10.6. The predicted molar refractivity (Wildman–Crippen MR) is 148 cm³/mol. The van der Waals surface area contributed by atoms with E-state index in [1.54, 1.807) is 6.92 Å². The summed E-state index contributed by atoms with van der Waals surface area (Å²) >= 11 is 0. The molecule has 37 heavy (non-hydrogen) atoms. The van der Waals surface area contributed by atoms with Crippen LogP contribution in [0, 0.1) is 11.8 Å². The Morgan fingerprint density at radius 1 is 1.19 bits per heavy atom. The van der Waals surface area contributed by atoms with Crippen LogP contribution in [0.5, 0.6) is 0 Å². The molecule has 2 aromatic rings. The van der Waals surface area contributed by atoms with Gasteiger partial charge in [0, 0.05) is 18.7 Å². The molecule has 1 saturated carbocycles. The van der Waals surface area contributed by atoms with Crippen LogP contribution in [-0.4, -0.2) is 47.0 Å². The molecule has 2 fully saturated rings. The summed E-state index contributed by atoms with van der Waals surface area (Å²) in [6, 6.07) is 6.13. The average molecular weight is 507 g/mol. The number of benzene rings is 1. The van der Waals surface area contributed by atoms with Gasteiger partial charge in [0.2, 0.25) is 0 Å². The largest absolute Gasteiger partial charge is 0.465 e. The molecule has 1 aromatic carbocycles. The Hall–Kier alpha value is -2.77. The van der Waals surface area contributed by atoms with E-state index in [1.807, 2.05) is 32.9 Å². The van der Waals surface area contributed by atoms with E-state index in [0.717, 1.165) is 72.5 Å². The lowest BCUT2D eigenvalue weighted by Gasteiger charge is -2.24. The Bertz CT molecular complexity index is 1170. The monoisotopic (exact) mass is 506 g/mol. The Kier molecular flexibility index (Phi) is 9.33. The number of hydrogen-bond acceptors (Lipinski definition) is 6. The van der Waals surface area contributed by atoms with Crippen LogP contribution in [0.2, 0.25) is 0 Å². The summed E-state index contributed by atoms with van der Waals surface area (Å²) in [6.45, 7) is 11.3. The first kappa shape index (κ1) is 27.3. The number of aromatic nitrogens is 2. The van der Waals surface area contributed by atoms with E-state index in [9.17, 15) is 9.59 Å². The van der Waals surface area contributed by atoms with Gasteiger partial charge >= 0.3 is 5.97 Å². The van der Waals surface area contributed by atoms with Crippen molar-refractivity contribution in [3.8, 4) is 0 Å². The number of ether oxygens (including phenoxy) is 1. The van der Waals surface area contributed by atoms with Crippen molar-refractivity contribution in [2.75, 3.05) is 19.7 Å². The minimum absolute atomic E-state index is 0.0658. The summed E-state index contributed by atoms with van der Waals surface area (Å²) in [5.74, 6) is 2.02. The van der Waals surface area contributed by atoms with Crippen LogP contribution in [-0.2, 0) is 27.4 Å². The Morgan fingerprint density at radius 2 is 1.95 bits per heavy atom. The molecule has 0 radical (unpaired) electrons. The fourth-order valence-electron chi connectivity index (χ4n) is 5.06. The van der Waals surface area contributed by atoms with Gasteiger partial charge in [0.05, 0.1) is 17.6 Å². The molecule has 1 atom stereocenters. The van der Waals surface area contributed by atoms with Crippen LogP contribution in [0.25, 0.3) is 16.6 Å². The predicted octanol–water partition coefficient (Wildman–Crippen LogP) is 4.80. The van der Waals surface area contributed by atoms with Gasteiger partial charge in [0.25, 0.3) is 0 Å². The maximum Gasteiger partial charge on any atom is 0.323 e. The molecule has 1 unspecified atom stereocenters. The van der Waals surface area contributed by atoms with E-state index in [-0.39, 0.29) is 17.8 Å². The summed E-state index contributed by atoms with van der Waals surface area (Å²) in [5.41, 5.74) is 4.81. The summed E-state index contributed by atoms with van der Waals surface area (Å²) in [4.78, 5) is 29.5. The first-order chi connectivity index (χ1) is 17.9. The molecular weight excluding hydrogens is 464 g/mol. The number of Topliss-reactive ketones (excluding diaryl/α,β-unsaturated/α-hetero) is 1. The zero-order chi connectivity index (χ0) is 26.4. The Morgan fingerprint density at radius 3 is 2.59 bits per heavy atom. The molecule has 0 spiro atoms. The molecule has 4 rings (SSSR count). The lowest BCUT2D eigenvalue weighted by molar-refractivity contribution is -0.146. The number of rotatable bonds is 12. The van der Waals surface area contributed by atoms with Crippen LogP contribution in [0.1, 0.15) is 71.2 Å². The zero-order valence-corrected chi connectivity index (χ0v) is 22.8. The maximum absolute atomic E-state index is 12.5. The second-order valence-corrected chi connectivity index (χ2v) is 10.6. The van der Waals surface area contributed by atoms with Gasteiger partial charge in [0.15, 0.2) is 5.78 Å². The van der Waals surface area contributed by atoms with Gasteiger partial charge < -0.3 is 19.9 Å². The van der Waals surface area contributed by atoms with Crippen molar-refractivity contribution in [3.63, 3.8) is 0 Å². The third kappa shape index (κ3) is 7.17. The summed E-state index contributed by atoms with van der Waals surface area (Å²) in [6.07, 6.45) is 9.51. The minimum Gasteiger partial charge on any atom is -0.465 e. The number of imidazole rings is 1. The number of allylic oxidation sites excluding steroid dienone is 4. The van der Waals surface area contributed by atoms with Gasteiger partial charge in [0.1, 0.15) is 11.9 Å². The number of carbonyl (C=O) groups excluding carboxylic acids is 2. The van der Waals surface area contributed by atoms with Crippen molar-refractivity contribution < 1.29 is 14.3 Å². The summed E-state index contributed by atoms with van der Waals surface area (Å²) in [7, 11) is 0. The quantitative estimate of drug-likeness (QED) is 0.244. The normalized spacial score (nSPS) is 18.3. The van der Waals surface area contributed by atoms with Gasteiger partial charge in [-0.15, -0.1) is 0 Å². The molecule has 2 heterocycles. The first-order valence-corrected chi connectivity index (χ1v) is 13.8. The number of carbonyl (C=O) groups is 2. The van der Waals surface area contributed by atoms with Crippen LogP contribution < -0.4 is 10.6 Å². The minimum atomic E-state index is -0.273. The molecule has 2 aliphatic rings. The average Bonchev–Trinajstić information content (AvgIpc) is 3.65. The molecule has 1 aliphatic heterocycles. The van der Waals surface area contributed by atoms with E-state index >= 15 is 0 Å². The van der Waals surface area contributed by atoms with Crippen LogP contribution >= 0.6 is 0 Å². The summed E-state index contributed by atoms with van der Waals surface area (Å²) < 4.78 is 7.64. The second kappa shape index (κ2) is 12.7. The Labute approximate surface area is 220 Å². The van der Waals surface area contributed by atoms with Gasteiger partial charge in [-0.25, -0.2) is 4.98 Å². The number of nitrogens with zero attached hydrogens (tertiary/aromatic N) is 2. The lowest BCUT2D eigenvalue weighted by Crippen LogP contribution is -2.38. The molecule has 7 nitrogen and oxygen atoms in total. The van der Waals surface area contributed by atoms with Crippen molar-refractivity contribution >= 4 is 28.4 Å². The van der Waals surface area contributed by atoms with E-state index < -0.39 is 0 Å². The molecule has 200 valence electrons. The van der Waals surface area contributed by atoms with E-state index in [1.165, 1.54) is 12.8 Å². The third-order valence-corrected chi connectivity index (χ3v) is 7.60. The molecule has 0 bridgehead atoms. The third-order valence-electron chi connectivity index (χ3n) is 7.60. The molecule has 1 aliphatic carbocycles. The number of nitrogens with one attached hydrogen (secondary N) is 2. The fourth-order valence-corrected chi connectivity index (χ4v) is 5.06. The van der Waals surface area contributed by atoms with Crippen molar-refractivity contribution in [3.05, 3.63) is 47.3 Å². The van der Waals surface area contributed by atoms with E-state index in [0.29, 0.717) is 25.0 Å². The first-order valence-electron chi connectivity index (χ1n) is 13.8. The fraction of sp³-hybridized carbons (Fsp3) is 0.567. The number of fused-ring (bicyclic) bond motifs is 1. The van der Waals surface area contributed by atoms with Crippen LogP contribution in [0.4, 0.5) is 0 Å². The summed E-state index contributed by atoms with van der Waals surface area (Å²) in [5, 5.41) is 6.90. The van der Waals surface area contributed by atoms with Gasteiger partial charge in [-0.2, -0.15) is 0 Å². The Balaban J connectivity index is 1.62. The van der Waals surface area contributed by atoms with Crippen LogP contribution in [0.15, 0.2) is 35.9 Å². The SMILES string of the molecule is C/C=C(\C=C(\C)C(C)=O)c1nc2cc(CNC(CC3CC3)C(=O)OCC)ccc2n1CC1CCNCC1. The standard InChI is InChI=1S/C30H42N4O3/c1-5-25(15-20(3)21(4)35)29-33-26-17-24(18-32-27(16-22-7-8-22)30(36)37-6-2)9-10-28(26)34(29)19-23-11-13-31-14-12-23/h5,9-10,15,17,22-23,27,31-32H,6-8,11-14,16,18-19H2,1-4H3/b20-15-,25-5+. The number of piperidine rings is 1. The highest BCUT2D eigenvalue weighted by Crippen LogP contribution is 2.34. The number of hydrogen-bond donors (Lipinski definition) is 2. The number of esters is 1. The van der Waals surface area contributed by atoms with E-state index in [4.69, 9.17) is 9.72 Å². The zero-order valence-electron chi connectivity index (χ0n) is 22.8. The number of ketones is 1.